The maximum atomic E-state index is 12.3. The van der Waals surface area contributed by atoms with Crippen LogP contribution in [0, 0.1) is 11.8 Å². The van der Waals surface area contributed by atoms with Crippen LogP contribution in [-0.4, -0.2) is 28.9 Å². The Hall–Kier alpha value is -2.31. The molecule has 28 heavy (non-hydrogen) atoms. The van der Waals surface area contributed by atoms with Gasteiger partial charge in [0, 0.05) is 18.4 Å². The second kappa shape index (κ2) is 9.75. The lowest BCUT2D eigenvalue weighted by molar-refractivity contribution is -0.126. The largest absolute Gasteiger partial charge is 0.475 e. The Morgan fingerprint density at radius 3 is 2.36 bits per heavy atom. The highest BCUT2D eigenvalue weighted by molar-refractivity contribution is 5.84. The first kappa shape index (κ1) is 20.4. The van der Waals surface area contributed by atoms with Crippen molar-refractivity contribution in [2.75, 3.05) is 0 Å². The molecular formula is C21H30N2O5. The van der Waals surface area contributed by atoms with E-state index in [9.17, 15) is 14.4 Å². The van der Waals surface area contributed by atoms with Crippen LogP contribution < -0.4 is 10.6 Å². The molecule has 1 aromatic rings. The van der Waals surface area contributed by atoms with Crippen molar-refractivity contribution < 1.29 is 23.9 Å². The lowest BCUT2D eigenvalue weighted by Crippen LogP contribution is -2.41. The number of nitrogens with one attached hydrogen (secondary N) is 2. The van der Waals surface area contributed by atoms with Crippen LogP contribution in [-0.2, 0) is 16.1 Å². The average Bonchev–Trinajstić information content (AvgIpc) is 3.17. The fourth-order valence-electron chi connectivity index (χ4n) is 4.35. The molecule has 0 saturated heterocycles. The van der Waals surface area contributed by atoms with E-state index in [-0.39, 0.29) is 36.1 Å². The molecule has 0 aromatic carbocycles. The summed E-state index contributed by atoms with van der Waals surface area (Å²) in [4.78, 5) is 35.4. The fourth-order valence-corrected chi connectivity index (χ4v) is 4.35. The van der Waals surface area contributed by atoms with Gasteiger partial charge in [-0.05, 0) is 56.6 Å². The van der Waals surface area contributed by atoms with Crippen LogP contribution in [0.25, 0.3) is 0 Å². The summed E-state index contributed by atoms with van der Waals surface area (Å²) in [6, 6.07) is 3.11. The van der Waals surface area contributed by atoms with E-state index in [1.807, 2.05) is 0 Å². The molecule has 0 atom stereocenters. The summed E-state index contributed by atoms with van der Waals surface area (Å²) in [5.41, 5.74) is 0. The van der Waals surface area contributed by atoms with Gasteiger partial charge in [-0.15, -0.1) is 0 Å². The van der Waals surface area contributed by atoms with Gasteiger partial charge in [-0.1, -0.05) is 19.3 Å². The summed E-state index contributed by atoms with van der Waals surface area (Å²) in [6.07, 6.45) is 9.90. The molecule has 1 aromatic heterocycles. The van der Waals surface area contributed by atoms with Crippen LogP contribution in [0.5, 0.6) is 0 Å². The molecule has 7 heteroatoms. The molecule has 2 aliphatic rings. The molecule has 154 valence electrons. The molecule has 1 heterocycles. The number of carboxylic acids is 1. The third kappa shape index (κ3) is 5.84. The highest BCUT2D eigenvalue weighted by Gasteiger charge is 2.27. The highest BCUT2D eigenvalue weighted by Crippen LogP contribution is 2.27. The molecule has 0 radical (unpaired) electrons. The Morgan fingerprint density at radius 2 is 1.71 bits per heavy atom. The number of furan rings is 1. The number of hydrogen-bond acceptors (Lipinski definition) is 4. The standard InChI is InChI=1S/C21H30N2O5/c24-19(12-14-4-2-1-3-5-14)23-16-8-6-15(7-9-16)20(25)22-13-17-10-11-18(28-17)21(26)27/h10-11,14-16H,1-9,12-13H2,(H,22,25)(H,23,24)(H,26,27). The van der Waals surface area contributed by atoms with Crippen molar-refractivity contribution in [3.63, 3.8) is 0 Å². The number of carboxylic acid groups (broad SMARTS) is 1. The molecule has 0 aliphatic heterocycles. The van der Waals surface area contributed by atoms with E-state index in [4.69, 9.17) is 9.52 Å². The lowest BCUT2D eigenvalue weighted by atomic mass is 9.84. The lowest BCUT2D eigenvalue weighted by Gasteiger charge is -2.29. The van der Waals surface area contributed by atoms with E-state index >= 15 is 0 Å². The second-order valence-electron chi connectivity index (χ2n) is 8.11. The van der Waals surface area contributed by atoms with Gasteiger partial charge in [-0.25, -0.2) is 4.79 Å². The Morgan fingerprint density at radius 1 is 1.00 bits per heavy atom. The van der Waals surface area contributed by atoms with Gasteiger partial charge in [0.15, 0.2) is 0 Å². The molecule has 2 amide bonds. The zero-order valence-electron chi connectivity index (χ0n) is 16.2. The Labute approximate surface area is 165 Å². The zero-order chi connectivity index (χ0) is 19.9. The molecule has 7 nitrogen and oxygen atoms in total. The minimum atomic E-state index is -1.12. The van der Waals surface area contributed by atoms with Gasteiger partial charge in [0.2, 0.25) is 17.6 Å². The van der Waals surface area contributed by atoms with Crippen LogP contribution in [0.1, 0.15) is 80.5 Å². The predicted octanol–water partition coefficient (Wildman–Crippen LogP) is 3.24. The van der Waals surface area contributed by atoms with Crippen LogP contribution in [0.3, 0.4) is 0 Å². The van der Waals surface area contributed by atoms with Crippen molar-refractivity contribution in [3.8, 4) is 0 Å². The third-order valence-electron chi connectivity index (χ3n) is 5.97. The van der Waals surface area contributed by atoms with Crippen molar-refractivity contribution in [1.29, 1.82) is 0 Å². The maximum absolute atomic E-state index is 12.3. The molecule has 0 bridgehead atoms. The van der Waals surface area contributed by atoms with E-state index in [0.717, 1.165) is 25.7 Å². The number of aromatic carboxylic acids is 1. The van der Waals surface area contributed by atoms with Gasteiger partial charge in [0.1, 0.15) is 5.76 Å². The van der Waals surface area contributed by atoms with Gasteiger partial charge in [0.25, 0.3) is 0 Å². The quantitative estimate of drug-likeness (QED) is 0.662. The van der Waals surface area contributed by atoms with Crippen molar-refractivity contribution in [2.45, 2.75) is 76.8 Å². The Kier molecular flexibility index (Phi) is 7.12. The van der Waals surface area contributed by atoms with Gasteiger partial charge in [-0.2, -0.15) is 0 Å². The van der Waals surface area contributed by atoms with Crippen molar-refractivity contribution >= 4 is 17.8 Å². The molecular weight excluding hydrogens is 360 g/mol. The monoisotopic (exact) mass is 390 g/mol. The first-order valence-electron chi connectivity index (χ1n) is 10.4. The Balaban J connectivity index is 1.35. The predicted molar refractivity (Wildman–Crippen MR) is 103 cm³/mol. The van der Waals surface area contributed by atoms with Gasteiger partial charge >= 0.3 is 5.97 Å². The van der Waals surface area contributed by atoms with E-state index in [1.165, 1.54) is 38.2 Å². The number of carbonyl (C=O) groups excluding carboxylic acids is 2. The molecule has 2 fully saturated rings. The summed E-state index contributed by atoms with van der Waals surface area (Å²) >= 11 is 0. The normalized spacial score (nSPS) is 23.1. The molecule has 3 rings (SSSR count). The van der Waals surface area contributed by atoms with Gasteiger partial charge < -0.3 is 20.2 Å². The SMILES string of the molecule is O=C(CC1CCCCC1)NC1CCC(C(=O)NCc2ccc(C(=O)O)o2)CC1. The van der Waals surface area contributed by atoms with Crippen molar-refractivity contribution in [2.24, 2.45) is 11.8 Å². The van der Waals surface area contributed by atoms with Gasteiger partial charge in [-0.3, -0.25) is 9.59 Å². The van der Waals surface area contributed by atoms with E-state index in [0.29, 0.717) is 18.1 Å². The van der Waals surface area contributed by atoms with Crippen LogP contribution >= 0.6 is 0 Å². The average molecular weight is 390 g/mol. The number of amides is 2. The minimum Gasteiger partial charge on any atom is -0.475 e. The summed E-state index contributed by atoms with van der Waals surface area (Å²) in [6.45, 7) is 0.185. The summed E-state index contributed by atoms with van der Waals surface area (Å²) in [7, 11) is 0. The molecule has 2 aliphatic carbocycles. The maximum Gasteiger partial charge on any atom is 0.371 e. The van der Waals surface area contributed by atoms with E-state index in [2.05, 4.69) is 10.6 Å². The molecule has 2 saturated carbocycles. The van der Waals surface area contributed by atoms with Crippen LogP contribution in [0.15, 0.2) is 16.5 Å². The van der Waals surface area contributed by atoms with Crippen molar-refractivity contribution in [1.82, 2.24) is 10.6 Å². The molecule has 0 unspecified atom stereocenters. The smallest absolute Gasteiger partial charge is 0.371 e. The summed E-state index contributed by atoms with van der Waals surface area (Å²) < 4.78 is 5.14. The number of hydrogen-bond donors (Lipinski definition) is 3. The number of rotatable bonds is 7. The molecule has 0 spiro atoms. The van der Waals surface area contributed by atoms with E-state index in [1.54, 1.807) is 6.07 Å². The minimum absolute atomic E-state index is 0.0414. The summed E-state index contributed by atoms with van der Waals surface area (Å²) in [5, 5.41) is 14.8. The van der Waals surface area contributed by atoms with Crippen LogP contribution in [0.4, 0.5) is 0 Å². The fraction of sp³-hybridized carbons (Fsp3) is 0.667. The number of carbonyl (C=O) groups is 3. The summed E-state index contributed by atoms with van der Waals surface area (Å²) in [5.74, 6) is -0.240. The van der Waals surface area contributed by atoms with Crippen molar-refractivity contribution in [3.05, 3.63) is 23.7 Å². The molecule has 3 N–H and O–H groups in total. The zero-order valence-corrected chi connectivity index (χ0v) is 16.2. The first-order chi connectivity index (χ1) is 13.5. The van der Waals surface area contributed by atoms with Gasteiger partial charge in [0.05, 0.1) is 6.54 Å². The second-order valence-corrected chi connectivity index (χ2v) is 8.11. The van der Waals surface area contributed by atoms with E-state index < -0.39 is 5.97 Å². The first-order valence-corrected chi connectivity index (χ1v) is 10.4. The Bertz CT molecular complexity index is 685. The topological polar surface area (TPSA) is 109 Å². The van der Waals surface area contributed by atoms with Crippen LogP contribution in [0.2, 0.25) is 0 Å². The highest BCUT2D eigenvalue weighted by atomic mass is 16.4. The third-order valence-corrected chi connectivity index (χ3v) is 5.97.